The lowest BCUT2D eigenvalue weighted by Crippen LogP contribution is -2.33. The van der Waals surface area contributed by atoms with Gasteiger partial charge in [0.1, 0.15) is 0 Å². The lowest BCUT2D eigenvalue weighted by molar-refractivity contribution is 0.250. The molecule has 2 unspecified atom stereocenters. The summed E-state index contributed by atoms with van der Waals surface area (Å²) < 4.78 is 0. The molecular formula is C60H90N2. The SMILES string of the molecule is CCCCCCCCCCC(c1ccc(C2(c3ccc(C(CCCCCCCCCC)c4ccc(N)cc4C)cc3)CCC(CCCCCC)CC2)cc1)c1ccc(N)cc1C. The molecule has 4 aromatic rings. The van der Waals surface area contributed by atoms with Crippen molar-refractivity contribution in [2.75, 3.05) is 11.5 Å². The molecule has 0 radical (unpaired) electrons. The molecule has 0 aliphatic heterocycles. The van der Waals surface area contributed by atoms with Crippen LogP contribution in [0.25, 0.3) is 0 Å². The molecule has 0 bridgehead atoms. The summed E-state index contributed by atoms with van der Waals surface area (Å²) in [4.78, 5) is 0. The van der Waals surface area contributed by atoms with Crippen LogP contribution in [-0.2, 0) is 5.41 Å². The third-order valence-electron chi connectivity index (χ3n) is 15.2. The fourth-order valence-electron chi connectivity index (χ4n) is 11.3. The van der Waals surface area contributed by atoms with Gasteiger partial charge in [0, 0.05) is 28.6 Å². The first-order valence-electron chi connectivity index (χ1n) is 26.2. The van der Waals surface area contributed by atoms with Crippen LogP contribution in [0.1, 0.15) is 250 Å². The van der Waals surface area contributed by atoms with Crippen molar-refractivity contribution in [2.24, 2.45) is 5.92 Å². The molecule has 5 rings (SSSR count). The van der Waals surface area contributed by atoms with Gasteiger partial charge in [0.15, 0.2) is 0 Å². The minimum absolute atomic E-state index is 0.0474. The minimum Gasteiger partial charge on any atom is -0.399 e. The predicted molar refractivity (Wildman–Crippen MR) is 274 cm³/mol. The van der Waals surface area contributed by atoms with E-state index in [9.17, 15) is 0 Å². The van der Waals surface area contributed by atoms with Crippen LogP contribution in [0.15, 0.2) is 84.9 Å². The molecule has 2 atom stereocenters. The molecule has 4 N–H and O–H groups in total. The van der Waals surface area contributed by atoms with Crippen LogP contribution in [0.3, 0.4) is 0 Å². The van der Waals surface area contributed by atoms with Gasteiger partial charge in [-0.05, 0) is 127 Å². The smallest absolute Gasteiger partial charge is 0.0316 e. The van der Waals surface area contributed by atoms with E-state index in [0.29, 0.717) is 11.8 Å². The average molecular weight is 839 g/mol. The molecule has 2 heteroatoms. The number of nitrogen functional groups attached to an aromatic ring is 2. The van der Waals surface area contributed by atoms with Gasteiger partial charge in [-0.1, -0.05) is 216 Å². The third-order valence-corrected chi connectivity index (χ3v) is 15.2. The van der Waals surface area contributed by atoms with Gasteiger partial charge in [-0.3, -0.25) is 0 Å². The van der Waals surface area contributed by atoms with Crippen molar-refractivity contribution >= 4 is 11.4 Å². The second kappa shape index (κ2) is 27.0. The third kappa shape index (κ3) is 14.8. The Morgan fingerprint density at radius 1 is 0.452 bits per heavy atom. The van der Waals surface area contributed by atoms with E-state index in [1.54, 1.807) is 0 Å². The van der Waals surface area contributed by atoms with Crippen LogP contribution in [0, 0.1) is 19.8 Å². The van der Waals surface area contributed by atoms with E-state index < -0.39 is 0 Å². The summed E-state index contributed by atoms with van der Waals surface area (Å²) in [5.74, 6) is 1.65. The van der Waals surface area contributed by atoms with Crippen LogP contribution < -0.4 is 11.5 Å². The first-order chi connectivity index (χ1) is 30.3. The number of nitrogens with two attached hydrogens (primary N) is 2. The summed E-state index contributed by atoms with van der Waals surface area (Å²) >= 11 is 0. The molecule has 1 fully saturated rings. The second-order valence-electron chi connectivity index (χ2n) is 20.0. The van der Waals surface area contributed by atoms with E-state index >= 15 is 0 Å². The number of aryl methyl sites for hydroxylation is 2. The van der Waals surface area contributed by atoms with Gasteiger partial charge < -0.3 is 11.5 Å². The molecule has 0 saturated heterocycles. The highest BCUT2D eigenvalue weighted by Gasteiger charge is 2.38. The molecule has 2 nitrogen and oxygen atoms in total. The van der Waals surface area contributed by atoms with Gasteiger partial charge in [0.25, 0.3) is 0 Å². The monoisotopic (exact) mass is 839 g/mol. The Morgan fingerprint density at radius 3 is 1.18 bits per heavy atom. The highest BCUT2D eigenvalue weighted by atomic mass is 14.5. The van der Waals surface area contributed by atoms with Gasteiger partial charge in [-0.15, -0.1) is 0 Å². The summed E-state index contributed by atoms with van der Waals surface area (Å²) in [6.07, 6.45) is 36.0. The fourth-order valence-corrected chi connectivity index (χ4v) is 11.3. The van der Waals surface area contributed by atoms with Gasteiger partial charge in [0.05, 0.1) is 0 Å². The number of unbranched alkanes of at least 4 members (excludes halogenated alkanes) is 17. The van der Waals surface area contributed by atoms with E-state index in [2.05, 4.69) is 120 Å². The quantitative estimate of drug-likeness (QED) is 0.0423. The topological polar surface area (TPSA) is 52.0 Å². The van der Waals surface area contributed by atoms with Gasteiger partial charge in [-0.25, -0.2) is 0 Å². The standard InChI is InChI=1S/C60H90N2/c1-6-9-12-15-17-19-21-24-27-58(56-39-37-54(61)45-47(56)4)50-29-33-52(34-30-50)60(43-41-49(42-44-60)26-23-14-11-8-3)53-35-31-51(32-36-53)59(57-40-38-55(62)46-48(57)5)28-25-22-20-18-16-13-10-7-2/h29-40,45-46,49,58-59H,6-28,41-44,61-62H2,1-5H3. The number of hydrogen-bond acceptors (Lipinski definition) is 2. The predicted octanol–water partition coefficient (Wildman–Crippen LogP) is 18.2. The molecular weight excluding hydrogens is 749 g/mol. The molecule has 1 aliphatic carbocycles. The van der Waals surface area contributed by atoms with Crippen LogP contribution in [-0.4, -0.2) is 0 Å². The van der Waals surface area contributed by atoms with E-state index in [1.807, 2.05) is 0 Å². The highest BCUT2D eigenvalue weighted by Crippen LogP contribution is 2.49. The zero-order chi connectivity index (χ0) is 44.0. The molecule has 4 aromatic carbocycles. The van der Waals surface area contributed by atoms with Crippen LogP contribution in [0.2, 0.25) is 0 Å². The summed E-state index contributed by atoms with van der Waals surface area (Å²) in [7, 11) is 0. The van der Waals surface area contributed by atoms with Gasteiger partial charge in [-0.2, -0.15) is 0 Å². The maximum Gasteiger partial charge on any atom is 0.0316 e. The highest BCUT2D eigenvalue weighted by molar-refractivity contribution is 5.51. The molecule has 0 spiro atoms. The Kier molecular flexibility index (Phi) is 21.5. The van der Waals surface area contributed by atoms with E-state index in [0.717, 1.165) is 17.3 Å². The molecule has 0 aromatic heterocycles. The lowest BCUT2D eigenvalue weighted by Gasteiger charge is -2.42. The lowest BCUT2D eigenvalue weighted by atomic mass is 9.62. The Bertz CT molecular complexity index is 1690. The first-order valence-corrected chi connectivity index (χ1v) is 26.2. The van der Waals surface area contributed by atoms with Crippen molar-refractivity contribution < 1.29 is 0 Å². The molecule has 0 heterocycles. The molecule has 0 amide bonds. The summed E-state index contributed by atoms with van der Waals surface area (Å²) in [5.41, 5.74) is 25.8. The van der Waals surface area contributed by atoms with Crippen molar-refractivity contribution in [3.8, 4) is 0 Å². The number of anilines is 2. The van der Waals surface area contributed by atoms with Crippen LogP contribution in [0.5, 0.6) is 0 Å². The second-order valence-corrected chi connectivity index (χ2v) is 20.0. The van der Waals surface area contributed by atoms with E-state index in [1.165, 1.54) is 218 Å². The Morgan fingerprint density at radius 2 is 0.806 bits per heavy atom. The maximum absolute atomic E-state index is 6.29. The summed E-state index contributed by atoms with van der Waals surface area (Å²) in [5, 5.41) is 0. The van der Waals surface area contributed by atoms with Crippen LogP contribution >= 0.6 is 0 Å². The Balaban J connectivity index is 1.40. The summed E-state index contributed by atoms with van der Waals surface area (Å²) in [6, 6.07) is 33.4. The Labute approximate surface area is 381 Å². The molecule has 1 aliphatic rings. The number of benzene rings is 4. The first kappa shape index (κ1) is 49.5. The van der Waals surface area contributed by atoms with Crippen molar-refractivity contribution in [3.63, 3.8) is 0 Å². The van der Waals surface area contributed by atoms with Gasteiger partial charge in [0.2, 0.25) is 0 Å². The molecule has 340 valence electrons. The molecule has 1 saturated carbocycles. The number of hydrogen-bond donors (Lipinski definition) is 2. The maximum atomic E-state index is 6.29. The zero-order valence-corrected chi connectivity index (χ0v) is 40.6. The fraction of sp³-hybridized carbons (Fsp3) is 0.600. The van der Waals surface area contributed by atoms with E-state index in [-0.39, 0.29) is 5.41 Å². The van der Waals surface area contributed by atoms with E-state index in [4.69, 9.17) is 11.5 Å². The van der Waals surface area contributed by atoms with Crippen molar-refractivity contribution in [2.45, 2.75) is 225 Å². The van der Waals surface area contributed by atoms with Crippen molar-refractivity contribution in [3.05, 3.63) is 129 Å². The average Bonchev–Trinajstić information content (AvgIpc) is 3.28. The van der Waals surface area contributed by atoms with Crippen molar-refractivity contribution in [1.82, 2.24) is 0 Å². The molecule has 62 heavy (non-hydrogen) atoms. The minimum atomic E-state index is 0.0474. The van der Waals surface area contributed by atoms with Crippen molar-refractivity contribution in [1.29, 1.82) is 0 Å². The van der Waals surface area contributed by atoms with Gasteiger partial charge >= 0.3 is 0 Å². The summed E-state index contributed by atoms with van der Waals surface area (Å²) in [6.45, 7) is 11.5. The largest absolute Gasteiger partial charge is 0.399 e. The Hall–Kier alpha value is -3.52. The van der Waals surface area contributed by atoms with Crippen LogP contribution in [0.4, 0.5) is 11.4 Å². The normalized spacial score (nSPS) is 17.6. The zero-order valence-electron chi connectivity index (χ0n) is 40.6. The number of rotatable bonds is 29.